The minimum absolute atomic E-state index is 0.0729. The van der Waals surface area contributed by atoms with Gasteiger partial charge in [-0.2, -0.15) is 0 Å². The van der Waals surface area contributed by atoms with E-state index in [1.165, 1.54) is 9.75 Å². The minimum atomic E-state index is -0.725. The first-order chi connectivity index (χ1) is 11.1. The van der Waals surface area contributed by atoms with E-state index in [1.807, 2.05) is 6.07 Å². The molecule has 0 bridgehead atoms. The highest BCUT2D eigenvalue weighted by Crippen LogP contribution is 2.37. The van der Waals surface area contributed by atoms with Gasteiger partial charge in [0, 0.05) is 22.5 Å². The molecule has 1 aliphatic rings. The molecule has 1 N–H and O–H groups in total. The Morgan fingerprint density at radius 3 is 2.83 bits per heavy atom. The van der Waals surface area contributed by atoms with E-state index < -0.39 is 12.0 Å². The molecule has 2 aromatic heterocycles. The van der Waals surface area contributed by atoms with Crippen LogP contribution in [0.3, 0.4) is 0 Å². The highest BCUT2D eigenvalue weighted by molar-refractivity contribution is 7.12. The number of hydrogen-bond donors (Lipinski definition) is 1. The number of pyridine rings is 1. The first-order valence-corrected chi connectivity index (χ1v) is 8.86. The van der Waals surface area contributed by atoms with Crippen LogP contribution >= 0.6 is 11.3 Å². The zero-order chi connectivity index (χ0) is 16.4. The van der Waals surface area contributed by atoms with Crippen molar-refractivity contribution in [2.75, 3.05) is 6.54 Å². The third kappa shape index (κ3) is 3.31. The van der Waals surface area contributed by atoms with Gasteiger partial charge in [-0.25, -0.2) is 0 Å². The second-order valence-electron chi connectivity index (χ2n) is 6.14. The molecule has 0 spiro atoms. The molecule has 4 nitrogen and oxygen atoms in total. The molecule has 0 aromatic carbocycles. The van der Waals surface area contributed by atoms with Gasteiger partial charge in [0.25, 0.3) is 0 Å². The van der Waals surface area contributed by atoms with E-state index in [9.17, 15) is 9.90 Å². The lowest BCUT2D eigenvalue weighted by Crippen LogP contribution is -2.47. The number of thiophene rings is 1. The topological polar surface area (TPSA) is 53.4 Å². The van der Waals surface area contributed by atoms with Crippen molar-refractivity contribution in [2.45, 2.75) is 45.2 Å². The average Bonchev–Trinajstić information content (AvgIpc) is 2.96. The summed E-state index contributed by atoms with van der Waals surface area (Å²) in [4.78, 5) is 20.9. The molecule has 3 heterocycles. The first-order valence-electron chi connectivity index (χ1n) is 8.04. The van der Waals surface area contributed by atoms with Gasteiger partial charge >= 0.3 is 5.97 Å². The Bertz CT molecular complexity index is 698. The number of nitrogens with zero attached hydrogens (tertiary/aromatic N) is 2. The number of likely N-dealkylation sites (tertiary alicyclic amines) is 1. The summed E-state index contributed by atoms with van der Waals surface area (Å²) in [6.07, 6.45) is 4.53. The predicted octanol–water partition coefficient (Wildman–Crippen LogP) is 3.79. The van der Waals surface area contributed by atoms with Gasteiger partial charge in [0.15, 0.2) is 0 Å². The molecule has 0 radical (unpaired) electrons. The smallest absolute Gasteiger partial charge is 0.320 e. The zero-order valence-corrected chi connectivity index (χ0v) is 14.3. The number of hydrogen-bond acceptors (Lipinski definition) is 4. The van der Waals surface area contributed by atoms with Crippen molar-refractivity contribution in [3.05, 3.63) is 51.5 Å². The number of carboxylic acids is 1. The summed E-state index contributed by atoms with van der Waals surface area (Å²) < 4.78 is 0. The third-order valence-corrected chi connectivity index (χ3v) is 5.55. The molecule has 1 fully saturated rings. The maximum atomic E-state index is 11.8. The van der Waals surface area contributed by atoms with Gasteiger partial charge in [0.1, 0.15) is 6.04 Å². The minimum Gasteiger partial charge on any atom is -0.480 e. The van der Waals surface area contributed by atoms with Crippen LogP contribution in [0.1, 0.15) is 46.3 Å². The van der Waals surface area contributed by atoms with E-state index >= 15 is 0 Å². The first kappa shape index (κ1) is 16.1. The van der Waals surface area contributed by atoms with Crippen molar-refractivity contribution in [3.63, 3.8) is 0 Å². The normalized spacial score (nSPS) is 20.3. The zero-order valence-electron chi connectivity index (χ0n) is 13.5. The van der Waals surface area contributed by atoms with Crippen LogP contribution in [0.15, 0.2) is 30.5 Å². The summed E-state index contributed by atoms with van der Waals surface area (Å²) in [5.41, 5.74) is 2.08. The van der Waals surface area contributed by atoms with E-state index in [1.54, 1.807) is 17.5 Å². The fourth-order valence-electron chi connectivity index (χ4n) is 3.37. The highest BCUT2D eigenvalue weighted by atomic mass is 32.1. The predicted molar refractivity (Wildman–Crippen MR) is 91.9 cm³/mol. The van der Waals surface area contributed by atoms with Crippen molar-refractivity contribution in [2.24, 2.45) is 0 Å². The SMILES string of the molecule is Cc1ccc(C(c2ncccc2C)N2CCCCC2C(=O)O)s1. The van der Waals surface area contributed by atoms with Crippen LogP contribution in [0.5, 0.6) is 0 Å². The number of carbonyl (C=O) groups is 1. The molecular weight excluding hydrogens is 308 g/mol. The van der Waals surface area contributed by atoms with Crippen LogP contribution in [0.4, 0.5) is 0 Å². The number of aromatic nitrogens is 1. The standard InChI is InChI=1S/C18H22N2O2S/c1-12-6-5-10-19-16(12)17(15-9-8-13(2)23-15)20-11-4-3-7-14(20)18(21)22/h5-6,8-10,14,17H,3-4,7,11H2,1-2H3,(H,21,22). The van der Waals surface area contributed by atoms with Gasteiger partial charge in [0.05, 0.1) is 11.7 Å². The molecule has 23 heavy (non-hydrogen) atoms. The number of rotatable bonds is 4. The summed E-state index contributed by atoms with van der Waals surface area (Å²) in [5, 5.41) is 9.67. The lowest BCUT2D eigenvalue weighted by Gasteiger charge is -2.38. The van der Waals surface area contributed by atoms with Gasteiger partial charge in [-0.05, 0) is 50.5 Å². The lowest BCUT2D eigenvalue weighted by atomic mass is 9.96. The molecule has 5 heteroatoms. The van der Waals surface area contributed by atoms with Crippen LogP contribution in [0.2, 0.25) is 0 Å². The van der Waals surface area contributed by atoms with E-state index in [0.717, 1.165) is 30.6 Å². The Hall–Kier alpha value is -1.72. The van der Waals surface area contributed by atoms with Crippen molar-refractivity contribution >= 4 is 17.3 Å². The fourth-order valence-corrected chi connectivity index (χ4v) is 4.37. The number of piperidine rings is 1. The van der Waals surface area contributed by atoms with Crippen LogP contribution in [0.25, 0.3) is 0 Å². The maximum absolute atomic E-state index is 11.8. The van der Waals surface area contributed by atoms with Crippen LogP contribution in [-0.4, -0.2) is 33.5 Å². The molecule has 0 saturated carbocycles. The van der Waals surface area contributed by atoms with E-state index in [0.29, 0.717) is 6.42 Å². The van der Waals surface area contributed by atoms with Crippen molar-refractivity contribution in [1.82, 2.24) is 9.88 Å². The van der Waals surface area contributed by atoms with Gasteiger partial charge in [-0.1, -0.05) is 12.5 Å². The second kappa shape index (κ2) is 6.81. The van der Waals surface area contributed by atoms with E-state index in [4.69, 9.17) is 0 Å². The molecule has 122 valence electrons. The Kier molecular flexibility index (Phi) is 4.78. The average molecular weight is 330 g/mol. The summed E-state index contributed by atoms with van der Waals surface area (Å²) in [5.74, 6) is -0.725. The molecule has 0 aliphatic carbocycles. The van der Waals surface area contributed by atoms with Crippen LogP contribution in [-0.2, 0) is 4.79 Å². The van der Waals surface area contributed by atoms with Crippen molar-refractivity contribution in [3.8, 4) is 0 Å². The van der Waals surface area contributed by atoms with Crippen molar-refractivity contribution in [1.29, 1.82) is 0 Å². The number of carboxylic acid groups (broad SMARTS) is 1. The fraction of sp³-hybridized carbons (Fsp3) is 0.444. The largest absolute Gasteiger partial charge is 0.480 e. The number of aryl methyl sites for hydroxylation is 2. The summed E-state index contributed by atoms with van der Waals surface area (Å²) >= 11 is 1.73. The number of aliphatic carboxylic acids is 1. The van der Waals surface area contributed by atoms with Crippen LogP contribution in [0, 0.1) is 13.8 Å². The Morgan fingerprint density at radius 1 is 1.35 bits per heavy atom. The lowest BCUT2D eigenvalue weighted by molar-refractivity contribution is -0.145. The summed E-state index contributed by atoms with van der Waals surface area (Å²) in [6, 6.07) is 7.70. The highest BCUT2D eigenvalue weighted by Gasteiger charge is 2.36. The van der Waals surface area contributed by atoms with E-state index in [-0.39, 0.29) is 6.04 Å². The molecule has 2 aromatic rings. The molecule has 3 rings (SSSR count). The maximum Gasteiger partial charge on any atom is 0.320 e. The van der Waals surface area contributed by atoms with Gasteiger partial charge in [0.2, 0.25) is 0 Å². The molecule has 2 atom stereocenters. The van der Waals surface area contributed by atoms with Gasteiger partial charge in [-0.15, -0.1) is 11.3 Å². The molecule has 0 amide bonds. The third-order valence-electron chi connectivity index (χ3n) is 4.50. The van der Waals surface area contributed by atoms with Crippen molar-refractivity contribution < 1.29 is 9.90 Å². The van der Waals surface area contributed by atoms with Crippen LogP contribution < -0.4 is 0 Å². The van der Waals surface area contributed by atoms with Gasteiger partial charge in [-0.3, -0.25) is 14.7 Å². The molecule has 1 saturated heterocycles. The Balaban J connectivity index is 2.08. The molecule has 1 aliphatic heterocycles. The van der Waals surface area contributed by atoms with E-state index in [2.05, 4.69) is 41.9 Å². The summed E-state index contributed by atoms with van der Waals surface area (Å²) in [7, 11) is 0. The monoisotopic (exact) mass is 330 g/mol. The van der Waals surface area contributed by atoms with Gasteiger partial charge < -0.3 is 5.11 Å². The second-order valence-corrected chi connectivity index (χ2v) is 7.46. The quantitative estimate of drug-likeness (QED) is 0.927. The Labute approximate surface area is 140 Å². The molecule has 2 unspecified atom stereocenters. The Morgan fingerprint density at radius 2 is 2.17 bits per heavy atom. The molecular formula is C18H22N2O2S. The summed E-state index contributed by atoms with van der Waals surface area (Å²) in [6.45, 7) is 4.94.